The Bertz CT molecular complexity index is 402. The van der Waals surface area contributed by atoms with E-state index in [9.17, 15) is 9.18 Å². The van der Waals surface area contributed by atoms with Crippen LogP contribution in [0.15, 0.2) is 18.2 Å². The molecule has 0 atom stereocenters. The number of nitrogens with one attached hydrogen (secondary N) is 1. The summed E-state index contributed by atoms with van der Waals surface area (Å²) in [7, 11) is 0. The molecule has 86 valence electrons. The molecule has 0 aromatic heterocycles. The molecule has 0 spiro atoms. The Labute approximate surface area is 93.3 Å². The highest BCUT2D eigenvalue weighted by Gasteiger charge is 2.18. The molecule has 0 amide bonds. The highest BCUT2D eigenvalue weighted by Crippen LogP contribution is 2.19. The fraction of sp³-hybridized carbons (Fsp3) is 0.417. The third-order valence-corrected chi connectivity index (χ3v) is 2.99. The summed E-state index contributed by atoms with van der Waals surface area (Å²) in [5.74, 6) is -1.59. The number of rotatable bonds is 4. The first-order valence-corrected chi connectivity index (χ1v) is 5.42. The molecule has 3 nitrogen and oxygen atoms in total. The molecule has 1 saturated carbocycles. The second-order valence-corrected chi connectivity index (χ2v) is 4.12. The minimum atomic E-state index is -1.08. The Kier molecular flexibility index (Phi) is 3.19. The van der Waals surface area contributed by atoms with E-state index in [-0.39, 0.29) is 5.56 Å². The summed E-state index contributed by atoms with van der Waals surface area (Å²) in [6, 6.07) is 4.39. The number of carbonyl (C=O) groups is 1. The van der Waals surface area contributed by atoms with E-state index in [1.165, 1.54) is 18.6 Å². The van der Waals surface area contributed by atoms with Gasteiger partial charge >= 0.3 is 5.97 Å². The second-order valence-electron chi connectivity index (χ2n) is 4.12. The number of benzene rings is 1. The standard InChI is InChI=1S/C12H14FNO2/c13-9-5-4-8(11(6-9)12(15)16)7-14-10-2-1-3-10/h4-6,10,14H,1-3,7H2,(H,15,16). The molecule has 0 radical (unpaired) electrons. The fourth-order valence-electron chi connectivity index (χ4n) is 1.77. The fourth-order valence-corrected chi connectivity index (χ4v) is 1.77. The van der Waals surface area contributed by atoms with Gasteiger partial charge in [-0.25, -0.2) is 9.18 Å². The molecule has 1 aromatic rings. The first kappa shape index (κ1) is 11.1. The lowest BCUT2D eigenvalue weighted by Gasteiger charge is -2.26. The van der Waals surface area contributed by atoms with Gasteiger partial charge in [0.05, 0.1) is 5.56 Å². The van der Waals surface area contributed by atoms with Crippen molar-refractivity contribution in [3.8, 4) is 0 Å². The Morgan fingerprint density at radius 2 is 2.25 bits per heavy atom. The van der Waals surface area contributed by atoms with Crippen molar-refractivity contribution in [3.05, 3.63) is 35.1 Å². The van der Waals surface area contributed by atoms with E-state index in [2.05, 4.69) is 5.32 Å². The van der Waals surface area contributed by atoms with Crippen LogP contribution in [0.3, 0.4) is 0 Å². The van der Waals surface area contributed by atoms with Gasteiger partial charge in [-0.15, -0.1) is 0 Å². The van der Waals surface area contributed by atoms with Gasteiger partial charge in [0.1, 0.15) is 5.82 Å². The summed E-state index contributed by atoms with van der Waals surface area (Å²) in [6.45, 7) is 0.493. The number of hydrogen-bond donors (Lipinski definition) is 2. The van der Waals surface area contributed by atoms with Gasteiger partial charge in [-0.3, -0.25) is 0 Å². The van der Waals surface area contributed by atoms with Crippen LogP contribution in [0.4, 0.5) is 4.39 Å². The van der Waals surface area contributed by atoms with E-state index in [0.717, 1.165) is 18.9 Å². The summed E-state index contributed by atoms with van der Waals surface area (Å²) in [5, 5.41) is 12.2. The number of hydrogen-bond acceptors (Lipinski definition) is 2. The van der Waals surface area contributed by atoms with Crippen molar-refractivity contribution in [2.75, 3.05) is 0 Å². The SMILES string of the molecule is O=C(O)c1cc(F)ccc1CNC1CCC1. The van der Waals surface area contributed by atoms with E-state index < -0.39 is 11.8 Å². The first-order valence-electron chi connectivity index (χ1n) is 5.42. The Morgan fingerprint density at radius 3 is 2.81 bits per heavy atom. The average Bonchev–Trinajstić information content (AvgIpc) is 2.17. The number of halogens is 1. The maximum Gasteiger partial charge on any atom is 0.336 e. The molecule has 0 bridgehead atoms. The summed E-state index contributed by atoms with van der Waals surface area (Å²) < 4.78 is 12.9. The van der Waals surface area contributed by atoms with E-state index in [1.54, 1.807) is 0 Å². The number of carboxylic acids is 1. The topological polar surface area (TPSA) is 49.3 Å². The Balaban J connectivity index is 2.08. The molecule has 1 aromatic carbocycles. The van der Waals surface area contributed by atoms with E-state index in [4.69, 9.17) is 5.11 Å². The number of carboxylic acid groups (broad SMARTS) is 1. The van der Waals surface area contributed by atoms with Crippen LogP contribution >= 0.6 is 0 Å². The predicted molar refractivity (Wildman–Crippen MR) is 57.8 cm³/mol. The smallest absolute Gasteiger partial charge is 0.336 e. The zero-order valence-corrected chi connectivity index (χ0v) is 8.87. The van der Waals surface area contributed by atoms with Crippen LogP contribution in [0.25, 0.3) is 0 Å². The molecule has 1 aliphatic carbocycles. The zero-order chi connectivity index (χ0) is 11.5. The average molecular weight is 223 g/mol. The minimum Gasteiger partial charge on any atom is -0.478 e. The van der Waals surface area contributed by atoms with Gasteiger partial charge < -0.3 is 10.4 Å². The summed E-state index contributed by atoms with van der Waals surface area (Å²) >= 11 is 0. The molecular formula is C12H14FNO2. The van der Waals surface area contributed by atoms with Crippen LogP contribution < -0.4 is 5.32 Å². The highest BCUT2D eigenvalue weighted by molar-refractivity contribution is 5.89. The largest absolute Gasteiger partial charge is 0.478 e. The highest BCUT2D eigenvalue weighted by atomic mass is 19.1. The number of aromatic carboxylic acids is 1. The maximum absolute atomic E-state index is 12.9. The van der Waals surface area contributed by atoms with Crippen LogP contribution in [0.2, 0.25) is 0 Å². The summed E-state index contributed by atoms with van der Waals surface area (Å²) in [6.07, 6.45) is 3.51. The van der Waals surface area contributed by atoms with Crippen molar-refractivity contribution in [1.29, 1.82) is 0 Å². The molecular weight excluding hydrogens is 209 g/mol. The van der Waals surface area contributed by atoms with Crippen molar-refractivity contribution in [2.45, 2.75) is 31.8 Å². The maximum atomic E-state index is 12.9. The third kappa shape index (κ3) is 2.39. The van der Waals surface area contributed by atoms with E-state index in [0.29, 0.717) is 18.2 Å². The monoisotopic (exact) mass is 223 g/mol. The van der Waals surface area contributed by atoms with Crippen molar-refractivity contribution in [1.82, 2.24) is 5.32 Å². The molecule has 1 fully saturated rings. The van der Waals surface area contributed by atoms with Gasteiger partial charge in [-0.1, -0.05) is 12.5 Å². The van der Waals surface area contributed by atoms with Gasteiger partial charge in [0.15, 0.2) is 0 Å². The quantitative estimate of drug-likeness (QED) is 0.822. The predicted octanol–water partition coefficient (Wildman–Crippen LogP) is 2.17. The molecule has 2 rings (SSSR count). The van der Waals surface area contributed by atoms with Gasteiger partial charge in [0.25, 0.3) is 0 Å². The van der Waals surface area contributed by atoms with Crippen LogP contribution in [-0.4, -0.2) is 17.1 Å². The van der Waals surface area contributed by atoms with Gasteiger partial charge in [-0.05, 0) is 30.5 Å². The van der Waals surface area contributed by atoms with Crippen molar-refractivity contribution in [3.63, 3.8) is 0 Å². The Hall–Kier alpha value is -1.42. The molecule has 0 heterocycles. The molecule has 1 aliphatic rings. The van der Waals surface area contributed by atoms with E-state index in [1.807, 2.05) is 0 Å². The van der Waals surface area contributed by atoms with Crippen molar-refractivity contribution < 1.29 is 14.3 Å². The first-order chi connectivity index (χ1) is 7.66. The molecule has 2 N–H and O–H groups in total. The molecule has 0 aliphatic heterocycles. The lowest BCUT2D eigenvalue weighted by atomic mass is 9.93. The summed E-state index contributed by atoms with van der Waals surface area (Å²) in [5.41, 5.74) is 0.688. The zero-order valence-electron chi connectivity index (χ0n) is 8.87. The van der Waals surface area contributed by atoms with Crippen LogP contribution in [-0.2, 0) is 6.54 Å². The van der Waals surface area contributed by atoms with Crippen LogP contribution in [0.1, 0.15) is 35.2 Å². The molecule has 0 saturated heterocycles. The molecule has 4 heteroatoms. The lowest BCUT2D eigenvalue weighted by molar-refractivity contribution is 0.0694. The van der Waals surface area contributed by atoms with Crippen LogP contribution in [0.5, 0.6) is 0 Å². The lowest BCUT2D eigenvalue weighted by Crippen LogP contribution is -2.34. The van der Waals surface area contributed by atoms with Crippen molar-refractivity contribution >= 4 is 5.97 Å². The third-order valence-electron chi connectivity index (χ3n) is 2.99. The second kappa shape index (κ2) is 4.61. The minimum absolute atomic E-state index is 0.0480. The van der Waals surface area contributed by atoms with Crippen molar-refractivity contribution in [2.24, 2.45) is 0 Å². The normalized spacial score (nSPS) is 15.8. The van der Waals surface area contributed by atoms with Gasteiger partial charge in [0.2, 0.25) is 0 Å². The van der Waals surface area contributed by atoms with Crippen LogP contribution in [0, 0.1) is 5.82 Å². The van der Waals surface area contributed by atoms with Gasteiger partial charge in [0, 0.05) is 12.6 Å². The molecule has 0 unspecified atom stereocenters. The summed E-state index contributed by atoms with van der Waals surface area (Å²) in [4.78, 5) is 10.9. The van der Waals surface area contributed by atoms with E-state index >= 15 is 0 Å². The Morgan fingerprint density at radius 1 is 1.50 bits per heavy atom. The van der Waals surface area contributed by atoms with Gasteiger partial charge in [-0.2, -0.15) is 0 Å². The molecule has 16 heavy (non-hydrogen) atoms.